The zero-order valence-electron chi connectivity index (χ0n) is 24.9. The first-order chi connectivity index (χ1) is 22.2. The highest BCUT2D eigenvalue weighted by Crippen LogP contribution is 2.21. The molecule has 46 heavy (non-hydrogen) atoms. The van der Waals surface area contributed by atoms with Crippen molar-refractivity contribution in [3.8, 4) is 0 Å². The molecular weight excluding hydrogens is 588 g/mol. The number of carbonyl (C=O) groups is 4. The van der Waals surface area contributed by atoms with Crippen LogP contribution >= 0.6 is 0 Å². The number of hydrogen-bond donors (Lipinski definition) is 8. The highest BCUT2D eigenvalue weighted by atomic mass is 16.4. The van der Waals surface area contributed by atoms with Crippen LogP contribution in [0.5, 0.6) is 0 Å². The van der Waals surface area contributed by atoms with Crippen LogP contribution in [0, 0.1) is 0 Å². The summed E-state index contributed by atoms with van der Waals surface area (Å²) in [5.41, 5.74) is 10.2. The largest absolute Gasteiger partial charge is 0.480 e. The molecule has 0 saturated carbocycles. The van der Waals surface area contributed by atoms with E-state index >= 15 is 0 Å². The molecule has 5 aromatic rings. The van der Waals surface area contributed by atoms with Crippen molar-refractivity contribution in [3.63, 3.8) is 0 Å². The topological polar surface area (TPSA) is 202 Å². The summed E-state index contributed by atoms with van der Waals surface area (Å²) < 4.78 is 0. The van der Waals surface area contributed by atoms with Gasteiger partial charge in [-0.1, -0.05) is 66.7 Å². The first-order valence-electron chi connectivity index (χ1n) is 14.9. The number of hydrogen-bond acceptors (Lipinski definition) is 6. The Balaban J connectivity index is 1.42. The number of carbonyl (C=O) groups excluding carboxylic acids is 3. The molecule has 0 bridgehead atoms. The number of aromatic nitrogens is 2. The molecule has 2 heterocycles. The lowest BCUT2D eigenvalue weighted by Crippen LogP contribution is -2.58. The molecule has 12 nitrogen and oxygen atoms in total. The molecule has 0 spiro atoms. The van der Waals surface area contributed by atoms with Crippen LogP contribution in [0.3, 0.4) is 0 Å². The molecule has 4 atom stereocenters. The van der Waals surface area contributed by atoms with Crippen molar-refractivity contribution in [2.75, 3.05) is 6.61 Å². The molecule has 0 saturated heterocycles. The van der Waals surface area contributed by atoms with Crippen LogP contribution in [0.2, 0.25) is 0 Å². The molecule has 0 fully saturated rings. The number of rotatable bonds is 14. The van der Waals surface area contributed by atoms with E-state index in [9.17, 15) is 29.4 Å². The highest BCUT2D eigenvalue weighted by Gasteiger charge is 2.31. The second kappa shape index (κ2) is 14.5. The fourth-order valence-corrected chi connectivity index (χ4v) is 5.43. The fraction of sp³-hybridized carbons (Fsp3) is 0.235. The van der Waals surface area contributed by atoms with Crippen LogP contribution in [0.25, 0.3) is 21.8 Å². The van der Waals surface area contributed by atoms with Crippen molar-refractivity contribution >= 4 is 45.5 Å². The second-order valence-corrected chi connectivity index (χ2v) is 11.1. The average molecular weight is 625 g/mol. The highest BCUT2D eigenvalue weighted by molar-refractivity contribution is 5.95. The van der Waals surface area contributed by atoms with Gasteiger partial charge in [0, 0.05) is 47.0 Å². The Hall–Kier alpha value is -5.46. The molecular formula is C34H36N6O6. The molecule has 238 valence electrons. The number of aliphatic hydroxyl groups excluding tert-OH is 1. The Labute approximate surface area is 264 Å². The Morgan fingerprint density at radius 1 is 0.630 bits per heavy atom. The van der Waals surface area contributed by atoms with Gasteiger partial charge in [0.05, 0.1) is 12.6 Å². The van der Waals surface area contributed by atoms with Crippen LogP contribution < -0.4 is 21.7 Å². The third-order valence-electron chi connectivity index (χ3n) is 7.90. The first kappa shape index (κ1) is 31.9. The van der Waals surface area contributed by atoms with Crippen molar-refractivity contribution < 1.29 is 29.4 Å². The zero-order chi connectivity index (χ0) is 32.6. The van der Waals surface area contributed by atoms with E-state index in [-0.39, 0.29) is 19.3 Å². The molecule has 0 aliphatic heterocycles. The van der Waals surface area contributed by atoms with Gasteiger partial charge in [-0.05, 0) is 35.2 Å². The number of carboxylic acids is 1. The number of nitrogens with two attached hydrogens (primary N) is 1. The molecule has 3 amide bonds. The number of amides is 3. The minimum Gasteiger partial charge on any atom is -0.480 e. The monoisotopic (exact) mass is 624 g/mol. The van der Waals surface area contributed by atoms with Gasteiger partial charge in [-0.3, -0.25) is 14.4 Å². The minimum atomic E-state index is -1.58. The number of aliphatic hydroxyl groups is 1. The zero-order valence-corrected chi connectivity index (χ0v) is 24.9. The average Bonchev–Trinajstić information content (AvgIpc) is 3.67. The first-order valence-corrected chi connectivity index (χ1v) is 14.9. The second-order valence-electron chi connectivity index (χ2n) is 11.1. The van der Waals surface area contributed by atoms with Gasteiger partial charge in [0.15, 0.2) is 0 Å². The quantitative estimate of drug-likeness (QED) is 0.0915. The normalized spacial score (nSPS) is 13.9. The van der Waals surface area contributed by atoms with E-state index in [1.54, 1.807) is 12.4 Å². The van der Waals surface area contributed by atoms with E-state index in [4.69, 9.17) is 5.73 Å². The molecule has 12 heteroatoms. The predicted molar refractivity (Wildman–Crippen MR) is 173 cm³/mol. The van der Waals surface area contributed by atoms with Crippen molar-refractivity contribution in [1.29, 1.82) is 0 Å². The lowest BCUT2D eigenvalue weighted by atomic mass is 10.0. The summed E-state index contributed by atoms with van der Waals surface area (Å²) in [6.45, 7) is -0.840. The van der Waals surface area contributed by atoms with Crippen LogP contribution in [-0.2, 0) is 38.4 Å². The van der Waals surface area contributed by atoms with Gasteiger partial charge in [0.2, 0.25) is 17.7 Å². The lowest BCUT2D eigenvalue weighted by molar-refractivity contribution is -0.143. The standard InChI is InChI=1S/C34H36N6O6/c35-25(14-20-8-2-1-3-9-20)31(42)38-28(15-21-17-36-26-12-6-4-10-23(21)26)32(43)39-29(33(44)40-30(19-41)34(45)46)16-22-18-37-27-13-7-5-11-24(22)27/h1-13,17-18,25,28-30,36-37,41H,14-16,19,35H2,(H,38,42)(H,39,43)(H,40,44)(H,45,46). The number of aliphatic carboxylic acids is 1. The predicted octanol–water partition coefficient (Wildman–Crippen LogP) is 1.54. The summed E-state index contributed by atoms with van der Waals surface area (Å²) in [5.74, 6) is -3.45. The van der Waals surface area contributed by atoms with Crippen LogP contribution in [-0.4, -0.2) is 74.6 Å². The van der Waals surface area contributed by atoms with Crippen LogP contribution in [0.15, 0.2) is 91.3 Å². The van der Waals surface area contributed by atoms with E-state index in [0.717, 1.165) is 32.9 Å². The fourth-order valence-electron chi connectivity index (χ4n) is 5.43. The number of aromatic amines is 2. The minimum absolute atomic E-state index is 0.000622. The van der Waals surface area contributed by atoms with E-state index in [1.807, 2.05) is 78.9 Å². The maximum absolute atomic E-state index is 14.0. The summed E-state index contributed by atoms with van der Waals surface area (Å²) in [5, 5.41) is 28.5. The van der Waals surface area contributed by atoms with Gasteiger partial charge in [-0.2, -0.15) is 0 Å². The molecule has 0 radical (unpaired) electrons. The SMILES string of the molecule is NC(Cc1ccccc1)C(=O)NC(Cc1c[nH]c2ccccc12)C(=O)NC(Cc1c[nH]c2ccccc12)C(=O)NC(CO)C(=O)O. The molecule has 2 aromatic heterocycles. The summed E-state index contributed by atoms with van der Waals surface area (Å²) in [6, 6.07) is 19.3. The van der Waals surface area contributed by atoms with Gasteiger partial charge in [0.25, 0.3) is 0 Å². The van der Waals surface area contributed by atoms with E-state index in [0.29, 0.717) is 5.56 Å². The van der Waals surface area contributed by atoms with E-state index in [2.05, 4.69) is 25.9 Å². The van der Waals surface area contributed by atoms with Gasteiger partial charge < -0.3 is 41.9 Å². The summed E-state index contributed by atoms with van der Waals surface area (Å²) >= 11 is 0. The Kier molecular flexibility index (Phi) is 10.1. The molecule has 3 aromatic carbocycles. The number of benzene rings is 3. The third kappa shape index (κ3) is 7.60. The number of fused-ring (bicyclic) bond motifs is 2. The number of para-hydroxylation sites is 2. The smallest absolute Gasteiger partial charge is 0.328 e. The molecule has 5 rings (SSSR count). The molecule has 9 N–H and O–H groups in total. The van der Waals surface area contributed by atoms with Gasteiger partial charge in [-0.25, -0.2) is 4.79 Å². The number of nitrogens with one attached hydrogen (secondary N) is 5. The van der Waals surface area contributed by atoms with Crippen molar-refractivity contribution in [2.24, 2.45) is 5.73 Å². The number of H-pyrrole nitrogens is 2. The van der Waals surface area contributed by atoms with E-state index in [1.165, 1.54) is 0 Å². The van der Waals surface area contributed by atoms with Crippen molar-refractivity contribution in [3.05, 3.63) is 108 Å². The maximum atomic E-state index is 14.0. The molecule has 4 unspecified atom stereocenters. The van der Waals surface area contributed by atoms with Crippen LogP contribution in [0.4, 0.5) is 0 Å². The van der Waals surface area contributed by atoms with Gasteiger partial charge in [0.1, 0.15) is 18.1 Å². The number of carboxylic acid groups (broad SMARTS) is 1. The summed E-state index contributed by atoms with van der Waals surface area (Å²) in [7, 11) is 0. The van der Waals surface area contributed by atoms with Crippen molar-refractivity contribution in [1.82, 2.24) is 25.9 Å². The van der Waals surface area contributed by atoms with Crippen LogP contribution in [0.1, 0.15) is 16.7 Å². The third-order valence-corrected chi connectivity index (χ3v) is 7.90. The Bertz CT molecular complexity index is 1830. The molecule has 0 aliphatic rings. The van der Waals surface area contributed by atoms with Gasteiger partial charge in [-0.15, -0.1) is 0 Å². The Morgan fingerprint density at radius 2 is 1.09 bits per heavy atom. The van der Waals surface area contributed by atoms with Gasteiger partial charge >= 0.3 is 5.97 Å². The Morgan fingerprint density at radius 3 is 1.59 bits per heavy atom. The summed E-state index contributed by atoms with van der Waals surface area (Å²) in [4.78, 5) is 58.6. The maximum Gasteiger partial charge on any atom is 0.328 e. The lowest BCUT2D eigenvalue weighted by Gasteiger charge is -2.25. The van der Waals surface area contributed by atoms with Crippen molar-refractivity contribution in [2.45, 2.75) is 43.4 Å². The molecule has 0 aliphatic carbocycles. The summed E-state index contributed by atoms with van der Waals surface area (Å²) in [6.07, 6.45) is 3.80. The van der Waals surface area contributed by atoms with E-state index < -0.39 is 54.5 Å².